The summed E-state index contributed by atoms with van der Waals surface area (Å²) < 4.78 is 27.8. The molecule has 31 heavy (non-hydrogen) atoms. The highest BCUT2D eigenvalue weighted by molar-refractivity contribution is 7.92. The molecule has 2 aromatic carbocycles. The van der Waals surface area contributed by atoms with Crippen molar-refractivity contribution in [2.45, 2.75) is 31.7 Å². The van der Waals surface area contributed by atoms with Crippen LogP contribution in [0.15, 0.2) is 53.4 Å². The summed E-state index contributed by atoms with van der Waals surface area (Å²) in [5.74, 6) is 0.100. The lowest BCUT2D eigenvalue weighted by molar-refractivity contribution is 0.0576. The van der Waals surface area contributed by atoms with Gasteiger partial charge >= 0.3 is 0 Å². The summed E-state index contributed by atoms with van der Waals surface area (Å²) in [6, 6.07) is 15.3. The molecule has 0 aromatic heterocycles. The Bertz CT molecular complexity index is 1050. The van der Waals surface area contributed by atoms with Gasteiger partial charge in [0.2, 0.25) is 0 Å². The molecule has 1 aliphatic heterocycles. The molecular weight excluding hydrogens is 412 g/mol. The van der Waals surface area contributed by atoms with Gasteiger partial charge in [0.1, 0.15) is 6.04 Å². The molecule has 0 spiro atoms. The zero-order valence-corrected chi connectivity index (χ0v) is 18.9. The first kappa shape index (κ1) is 22.8. The van der Waals surface area contributed by atoms with Crippen LogP contribution < -0.4 is 4.72 Å². The van der Waals surface area contributed by atoms with Crippen molar-refractivity contribution in [1.82, 2.24) is 9.80 Å². The maximum Gasteiger partial charge on any atom is 0.261 e. The minimum atomic E-state index is -3.73. The Morgan fingerprint density at radius 3 is 2.10 bits per heavy atom. The fraction of sp³-hybridized carbons (Fsp3) is 0.391. The van der Waals surface area contributed by atoms with Crippen LogP contribution in [0.1, 0.15) is 29.8 Å². The molecule has 7 nitrogen and oxygen atoms in total. The lowest BCUT2D eigenvalue weighted by atomic mass is 10.0. The molecule has 0 aliphatic carbocycles. The number of aryl methyl sites for hydroxylation is 1. The summed E-state index contributed by atoms with van der Waals surface area (Å²) in [4.78, 5) is 16.8. The number of nitriles is 1. The van der Waals surface area contributed by atoms with E-state index in [0.29, 0.717) is 37.4 Å². The number of sulfonamides is 1. The SMILES string of the molecule is Cc1ccc(NS(=O)(=O)c2ccc(C(=O)N3CCN(C(C#N)C(C)C)CC3)cc2)cc1. The summed E-state index contributed by atoms with van der Waals surface area (Å²) in [6.07, 6.45) is 0. The predicted molar refractivity (Wildman–Crippen MR) is 120 cm³/mol. The highest BCUT2D eigenvalue weighted by Gasteiger charge is 2.28. The van der Waals surface area contributed by atoms with E-state index in [-0.39, 0.29) is 22.8 Å². The topological polar surface area (TPSA) is 93.5 Å². The third-order valence-corrected chi connectivity index (χ3v) is 6.87. The van der Waals surface area contributed by atoms with E-state index in [0.717, 1.165) is 5.56 Å². The number of carbonyl (C=O) groups excluding carboxylic acids is 1. The second kappa shape index (κ2) is 9.50. The summed E-state index contributed by atoms with van der Waals surface area (Å²) in [7, 11) is -3.73. The van der Waals surface area contributed by atoms with Crippen LogP contribution in [-0.4, -0.2) is 56.3 Å². The maximum atomic E-state index is 12.8. The quantitative estimate of drug-likeness (QED) is 0.745. The molecule has 1 saturated heterocycles. The monoisotopic (exact) mass is 440 g/mol. The Kier molecular flexibility index (Phi) is 6.98. The van der Waals surface area contributed by atoms with Crippen LogP contribution in [0, 0.1) is 24.2 Å². The number of piperazine rings is 1. The lowest BCUT2D eigenvalue weighted by Crippen LogP contribution is -2.52. The van der Waals surface area contributed by atoms with Gasteiger partial charge in [-0.25, -0.2) is 8.42 Å². The molecule has 1 aliphatic rings. The van der Waals surface area contributed by atoms with E-state index >= 15 is 0 Å². The van der Waals surface area contributed by atoms with Gasteiger partial charge in [-0.1, -0.05) is 31.5 Å². The van der Waals surface area contributed by atoms with Crippen molar-refractivity contribution in [3.05, 3.63) is 59.7 Å². The summed E-state index contributed by atoms with van der Waals surface area (Å²) in [5.41, 5.74) is 1.98. The second-order valence-electron chi connectivity index (χ2n) is 8.14. The molecule has 1 unspecified atom stereocenters. The van der Waals surface area contributed by atoms with Crippen LogP contribution in [0.25, 0.3) is 0 Å². The Balaban J connectivity index is 1.64. The van der Waals surface area contributed by atoms with Crippen LogP contribution in [-0.2, 0) is 10.0 Å². The van der Waals surface area contributed by atoms with Crippen molar-refractivity contribution in [2.24, 2.45) is 5.92 Å². The van der Waals surface area contributed by atoms with Gasteiger partial charge in [0, 0.05) is 37.4 Å². The van der Waals surface area contributed by atoms with E-state index in [1.54, 1.807) is 29.2 Å². The van der Waals surface area contributed by atoms with Crippen molar-refractivity contribution >= 4 is 21.6 Å². The van der Waals surface area contributed by atoms with E-state index in [4.69, 9.17) is 0 Å². The van der Waals surface area contributed by atoms with Crippen molar-refractivity contribution in [2.75, 3.05) is 30.9 Å². The largest absolute Gasteiger partial charge is 0.336 e. The summed E-state index contributed by atoms with van der Waals surface area (Å²) >= 11 is 0. The van der Waals surface area contributed by atoms with Gasteiger partial charge in [0.25, 0.3) is 15.9 Å². The number of rotatable bonds is 6. The number of amides is 1. The third kappa shape index (κ3) is 5.43. The molecule has 2 aromatic rings. The van der Waals surface area contributed by atoms with E-state index in [1.165, 1.54) is 12.1 Å². The molecule has 0 radical (unpaired) electrons. The number of benzene rings is 2. The van der Waals surface area contributed by atoms with Crippen molar-refractivity contribution < 1.29 is 13.2 Å². The minimum Gasteiger partial charge on any atom is -0.336 e. The number of nitrogens with zero attached hydrogens (tertiary/aromatic N) is 3. The maximum absolute atomic E-state index is 12.8. The average molecular weight is 441 g/mol. The minimum absolute atomic E-state index is 0.100. The molecule has 1 amide bonds. The molecular formula is C23H28N4O3S. The van der Waals surface area contributed by atoms with E-state index in [1.807, 2.05) is 32.9 Å². The molecule has 8 heteroatoms. The van der Waals surface area contributed by atoms with Gasteiger partial charge in [-0.15, -0.1) is 0 Å². The van der Waals surface area contributed by atoms with Crippen LogP contribution >= 0.6 is 0 Å². The fourth-order valence-electron chi connectivity index (χ4n) is 3.65. The van der Waals surface area contributed by atoms with Crippen LogP contribution in [0.2, 0.25) is 0 Å². The van der Waals surface area contributed by atoms with Crippen molar-refractivity contribution in [3.8, 4) is 6.07 Å². The molecule has 164 valence electrons. The van der Waals surface area contributed by atoms with Gasteiger partial charge in [0.05, 0.1) is 11.0 Å². The molecule has 1 heterocycles. The number of anilines is 1. The first-order valence-corrected chi connectivity index (χ1v) is 11.8. The molecule has 1 N–H and O–H groups in total. The van der Waals surface area contributed by atoms with E-state index in [9.17, 15) is 18.5 Å². The van der Waals surface area contributed by atoms with Crippen LogP contribution in [0.5, 0.6) is 0 Å². The second-order valence-corrected chi connectivity index (χ2v) is 9.82. The molecule has 3 rings (SSSR count). The number of hydrogen-bond acceptors (Lipinski definition) is 5. The van der Waals surface area contributed by atoms with Gasteiger partial charge in [-0.2, -0.15) is 5.26 Å². The van der Waals surface area contributed by atoms with Gasteiger partial charge in [-0.05, 0) is 49.2 Å². The number of nitrogens with one attached hydrogen (secondary N) is 1. The molecule has 1 atom stereocenters. The fourth-order valence-corrected chi connectivity index (χ4v) is 4.71. The number of carbonyl (C=O) groups is 1. The van der Waals surface area contributed by atoms with Crippen molar-refractivity contribution in [3.63, 3.8) is 0 Å². The Morgan fingerprint density at radius 1 is 1.00 bits per heavy atom. The zero-order chi connectivity index (χ0) is 22.6. The standard InChI is InChI=1S/C23H28N4O3S/c1-17(2)22(16-24)26-12-14-27(15-13-26)23(28)19-6-10-21(11-7-19)31(29,30)25-20-8-4-18(3)5-9-20/h4-11,17,22,25H,12-15H2,1-3H3. The molecule has 1 fully saturated rings. The van der Waals surface area contributed by atoms with E-state index in [2.05, 4.69) is 15.7 Å². The molecule has 0 saturated carbocycles. The van der Waals surface area contributed by atoms with Gasteiger partial charge < -0.3 is 4.90 Å². The summed E-state index contributed by atoms with van der Waals surface area (Å²) in [6.45, 7) is 8.35. The van der Waals surface area contributed by atoms with Crippen molar-refractivity contribution in [1.29, 1.82) is 5.26 Å². The highest BCUT2D eigenvalue weighted by Crippen LogP contribution is 2.19. The highest BCUT2D eigenvalue weighted by atomic mass is 32.2. The average Bonchev–Trinajstić information content (AvgIpc) is 2.75. The zero-order valence-electron chi connectivity index (χ0n) is 18.1. The lowest BCUT2D eigenvalue weighted by Gasteiger charge is -2.38. The smallest absolute Gasteiger partial charge is 0.261 e. The first-order chi connectivity index (χ1) is 14.7. The van der Waals surface area contributed by atoms with Crippen LogP contribution in [0.3, 0.4) is 0 Å². The third-order valence-electron chi connectivity index (χ3n) is 5.47. The van der Waals surface area contributed by atoms with Gasteiger partial charge in [-0.3, -0.25) is 14.4 Å². The predicted octanol–water partition coefficient (Wildman–Crippen LogP) is 3.10. The Hall–Kier alpha value is -2.89. The molecule has 0 bridgehead atoms. The van der Waals surface area contributed by atoms with Crippen LogP contribution in [0.4, 0.5) is 5.69 Å². The first-order valence-electron chi connectivity index (χ1n) is 10.3. The van der Waals surface area contributed by atoms with E-state index < -0.39 is 10.0 Å². The summed E-state index contributed by atoms with van der Waals surface area (Å²) in [5, 5.41) is 9.37. The van der Waals surface area contributed by atoms with Gasteiger partial charge in [0.15, 0.2) is 0 Å². The normalized spacial score (nSPS) is 16.0. The Morgan fingerprint density at radius 2 is 1.58 bits per heavy atom. The Labute approximate surface area is 184 Å². The number of hydrogen-bond donors (Lipinski definition) is 1.